The first-order valence-electron chi connectivity index (χ1n) is 5.15. The fraction of sp³-hybridized carbons (Fsp3) is 0.273. The molecule has 0 aliphatic carbocycles. The van der Waals surface area contributed by atoms with Gasteiger partial charge >= 0.3 is 5.97 Å². The van der Waals surface area contributed by atoms with Crippen molar-refractivity contribution in [2.24, 2.45) is 0 Å². The summed E-state index contributed by atoms with van der Waals surface area (Å²) in [6.45, 7) is -0.615. The number of carboxylic acid groups (broad SMARTS) is 1. The van der Waals surface area contributed by atoms with E-state index in [4.69, 9.17) is 21.8 Å². The Labute approximate surface area is 109 Å². The number of amides is 1. The van der Waals surface area contributed by atoms with Crippen molar-refractivity contribution in [3.8, 4) is 0 Å². The summed E-state index contributed by atoms with van der Waals surface area (Å²) in [5.74, 6) is -1.65. The van der Waals surface area contributed by atoms with E-state index in [1.807, 2.05) is 0 Å². The second-order valence-electron chi connectivity index (χ2n) is 3.57. The smallest absolute Gasteiger partial charge is 0.324 e. The molecule has 0 heterocycles. The van der Waals surface area contributed by atoms with Crippen LogP contribution in [-0.2, 0) is 16.0 Å². The molecule has 98 valence electrons. The normalized spacial score (nSPS) is 11.9. The molecule has 0 unspecified atom stereocenters. The lowest BCUT2D eigenvalue weighted by Gasteiger charge is -2.12. The van der Waals surface area contributed by atoms with E-state index in [0.717, 1.165) is 5.56 Å². The monoisotopic (exact) mass is 272 g/mol. The van der Waals surface area contributed by atoms with Gasteiger partial charge in [0.15, 0.2) is 0 Å². The van der Waals surface area contributed by atoms with E-state index in [2.05, 4.69) is 10.9 Å². The van der Waals surface area contributed by atoms with Crippen LogP contribution in [0.25, 0.3) is 0 Å². The Morgan fingerprint density at radius 2 is 1.89 bits per heavy atom. The summed E-state index contributed by atoms with van der Waals surface area (Å²) >= 11 is 5.70. The molecule has 0 spiro atoms. The zero-order valence-electron chi connectivity index (χ0n) is 9.39. The van der Waals surface area contributed by atoms with Gasteiger partial charge in [0.1, 0.15) is 6.04 Å². The Morgan fingerprint density at radius 3 is 2.39 bits per heavy atom. The van der Waals surface area contributed by atoms with Crippen LogP contribution in [0, 0.1) is 0 Å². The predicted molar refractivity (Wildman–Crippen MR) is 64.9 cm³/mol. The number of aliphatic carboxylic acids is 1. The first-order valence-corrected chi connectivity index (χ1v) is 5.53. The van der Waals surface area contributed by atoms with E-state index in [0.29, 0.717) is 5.02 Å². The lowest BCUT2D eigenvalue weighted by Crippen LogP contribution is -2.50. The van der Waals surface area contributed by atoms with Gasteiger partial charge in [-0.25, -0.2) is 5.43 Å². The van der Waals surface area contributed by atoms with Crippen molar-refractivity contribution in [2.45, 2.75) is 12.5 Å². The number of aliphatic hydroxyl groups excluding tert-OH is 1. The summed E-state index contributed by atoms with van der Waals surface area (Å²) < 4.78 is 0. The summed E-state index contributed by atoms with van der Waals surface area (Å²) in [6, 6.07) is 5.49. The van der Waals surface area contributed by atoms with Gasteiger partial charge in [0, 0.05) is 5.02 Å². The molecule has 0 fully saturated rings. The van der Waals surface area contributed by atoms with Gasteiger partial charge in [-0.15, -0.1) is 0 Å². The number of carbonyl (C=O) groups is 2. The predicted octanol–water partition coefficient (Wildman–Crippen LogP) is -0.0512. The zero-order chi connectivity index (χ0) is 13.5. The summed E-state index contributed by atoms with van der Waals surface area (Å²) in [6.07, 6.45) is 0.0853. The van der Waals surface area contributed by atoms with Gasteiger partial charge in [0.05, 0.1) is 13.0 Å². The van der Waals surface area contributed by atoms with Crippen LogP contribution in [0.15, 0.2) is 24.3 Å². The fourth-order valence-electron chi connectivity index (χ4n) is 1.18. The number of nitrogens with one attached hydrogen (secondary N) is 2. The van der Waals surface area contributed by atoms with Gasteiger partial charge in [-0.05, 0) is 17.7 Å². The second kappa shape index (κ2) is 6.95. The molecule has 0 aliphatic heterocycles. The van der Waals surface area contributed by atoms with Crippen LogP contribution in [-0.4, -0.2) is 34.7 Å². The lowest BCUT2D eigenvalue weighted by molar-refractivity contribution is -0.141. The number of aliphatic hydroxyl groups is 1. The third-order valence-corrected chi connectivity index (χ3v) is 2.40. The molecular weight excluding hydrogens is 260 g/mol. The third kappa shape index (κ3) is 4.70. The van der Waals surface area contributed by atoms with E-state index in [9.17, 15) is 9.59 Å². The molecule has 1 atom stereocenters. The highest BCUT2D eigenvalue weighted by atomic mass is 35.5. The summed E-state index contributed by atoms with van der Waals surface area (Å²) in [5.41, 5.74) is 5.19. The van der Waals surface area contributed by atoms with E-state index in [-0.39, 0.29) is 6.42 Å². The van der Waals surface area contributed by atoms with Crippen molar-refractivity contribution < 1.29 is 19.8 Å². The van der Waals surface area contributed by atoms with Crippen molar-refractivity contribution >= 4 is 23.5 Å². The second-order valence-corrected chi connectivity index (χ2v) is 4.01. The number of halogens is 1. The molecule has 0 bridgehead atoms. The van der Waals surface area contributed by atoms with Crippen LogP contribution in [0.1, 0.15) is 5.56 Å². The van der Waals surface area contributed by atoms with Crippen LogP contribution in [0.3, 0.4) is 0 Å². The minimum Gasteiger partial charge on any atom is -0.480 e. The Balaban J connectivity index is 2.42. The number of hydrogen-bond acceptors (Lipinski definition) is 4. The Morgan fingerprint density at radius 1 is 1.28 bits per heavy atom. The molecular formula is C11H13ClN2O4. The first kappa shape index (κ1) is 14.4. The van der Waals surface area contributed by atoms with Crippen LogP contribution in [0.2, 0.25) is 5.02 Å². The molecule has 0 aromatic heterocycles. The van der Waals surface area contributed by atoms with E-state index in [1.54, 1.807) is 24.3 Å². The fourth-order valence-corrected chi connectivity index (χ4v) is 1.31. The lowest BCUT2D eigenvalue weighted by atomic mass is 10.1. The summed E-state index contributed by atoms with van der Waals surface area (Å²) in [4.78, 5) is 22.0. The molecule has 1 rings (SSSR count). The molecule has 1 aromatic rings. The number of hydrazine groups is 1. The SMILES string of the molecule is O=C(Cc1ccc(Cl)cc1)NN[C@@H](CO)C(=O)O. The number of rotatable bonds is 6. The molecule has 7 heteroatoms. The average Bonchev–Trinajstić information content (AvgIpc) is 2.32. The molecule has 1 aromatic carbocycles. The molecule has 6 nitrogen and oxygen atoms in total. The van der Waals surface area contributed by atoms with Crippen LogP contribution < -0.4 is 10.9 Å². The van der Waals surface area contributed by atoms with Gasteiger partial charge in [0.25, 0.3) is 0 Å². The number of hydrogen-bond donors (Lipinski definition) is 4. The average molecular weight is 273 g/mol. The highest BCUT2D eigenvalue weighted by Gasteiger charge is 2.16. The van der Waals surface area contributed by atoms with Gasteiger partial charge in [-0.3, -0.25) is 15.0 Å². The molecule has 0 saturated heterocycles. The summed E-state index contributed by atoms with van der Waals surface area (Å²) in [7, 11) is 0. The van der Waals surface area contributed by atoms with Crippen molar-refractivity contribution in [2.75, 3.05) is 6.61 Å². The Hall–Kier alpha value is -1.63. The van der Waals surface area contributed by atoms with E-state index in [1.165, 1.54) is 0 Å². The highest BCUT2D eigenvalue weighted by molar-refractivity contribution is 6.30. The van der Waals surface area contributed by atoms with Gasteiger partial charge in [-0.2, -0.15) is 0 Å². The number of carboxylic acids is 1. The van der Waals surface area contributed by atoms with E-state index >= 15 is 0 Å². The number of carbonyl (C=O) groups excluding carboxylic acids is 1. The highest BCUT2D eigenvalue weighted by Crippen LogP contribution is 2.09. The van der Waals surface area contributed by atoms with Crippen LogP contribution >= 0.6 is 11.6 Å². The first-order chi connectivity index (χ1) is 8.52. The molecule has 4 N–H and O–H groups in total. The quantitative estimate of drug-likeness (QED) is 0.544. The van der Waals surface area contributed by atoms with Crippen molar-refractivity contribution in [3.05, 3.63) is 34.9 Å². The molecule has 18 heavy (non-hydrogen) atoms. The van der Waals surface area contributed by atoms with Crippen molar-refractivity contribution in [1.29, 1.82) is 0 Å². The van der Waals surface area contributed by atoms with Crippen LogP contribution in [0.5, 0.6) is 0 Å². The maximum absolute atomic E-state index is 11.5. The minimum atomic E-state index is -1.25. The standard InChI is InChI=1S/C11H13ClN2O4/c12-8-3-1-7(2-4-8)5-10(16)14-13-9(6-15)11(17)18/h1-4,9,13,15H,5-6H2,(H,14,16)(H,17,18)/t9-/m0/s1. The topological polar surface area (TPSA) is 98.7 Å². The van der Waals surface area contributed by atoms with Crippen LogP contribution in [0.4, 0.5) is 0 Å². The van der Waals surface area contributed by atoms with E-state index < -0.39 is 24.5 Å². The Kier molecular flexibility index (Phi) is 5.57. The summed E-state index contributed by atoms with van der Waals surface area (Å²) in [5, 5.41) is 17.9. The van der Waals surface area contributed by atoms with Gasteiger partial charge in [-0.1, -0.05) is 23.7 Å². The van der Waals surface area contributed by atoms with Gasteiger partial charge < -0.3 is 10.2 Å². The van der Waals surface area contributed by atoms with Crippen molar-refractivity contribution in [1.82, 2.24) is 10.9 Å². The molecule has 1 amide bonds. The zero-order valence-corrected chi connectivity index (χ0v) is 10.1. The molecule has 0 aliphatic rings. The maximum Gasteiger partial charge on any atom is 0.324 e. The minimum absolute atomic E-state index is 0.0853. The molecule has 0 saturated carbocycles. The number of benzene rings is 1. The molecule has 0 radical (unpaired) electrons. The van der Waals surface area contributed by atoms with Gasteiger partial charge in [0.2, 0.25) is 5.91 Å². The maximum atomic E-state index is 11.5. The van der Waals surface area contributed by atoms with Crippen molar-refractivity contribution in [3.63, 3.8) is 0 Å². The Bertz CT molecular complexity index is 422. The third-order valence-electron chi connectivity index (χ3n) is 2.14. The largest absolute Gasteiger partial charge is 0.480 e.